The summed E-state index contributed by atoms with van der Waals surface area (Å²) in [5.74, 6) is -0.858. The lowest BCUT2D eigenvalue weighted by molar-refractivity contribution is -0.144. The largest absolute Gasteiger partial charge is 0.457 e. The summed E-state index contributed by atoms with van der Waals surface area (Å²) in [6.45, 7) is 1.71. The second kappa shape index (κ2) is 7.52. The summed E-state index contributed by atoms with van der Waals surface area (Å²) in [6, 6.07) is 13.0. The van der Waals surface area contributed by atoms with Crippen molar-refractivity contribution in [1.82, 2.24) is 0 Å². The summed E-state index contributed by atoms with van der Waals surface area (Å²) >= 11 is 4.64. The minimum Gasteiger partial charge on any atom is -0.457 e. The molecule has 21 heavy (non-hydrogen) atoms. The van der Waals surface area contributed by atoms with E-state index in [0.29, 0.717) is 11.3 Å². The molecule has 0 aliphatic carbocycles. The molecule has 0 saturated carbocycles. The van der Waals surface area contributed by atoms with E-state index in [1.807, 2.05) is 37.3 Å². The Kier molecular flexibility index (Phi) is 5.70. The molecule has 0 spiro atoms. The van der Waals surface area contributed by atoms with Crippen LogP contribution in [0.25, 0.3) is 0 Å². The maximum Gasteiger partial charge on any atom is 0.313 e. The molecule has 1 heterocycles. The molecule has 3 nitrogen and oxygen atoms in total. The van der Waals surface area contributed by atoms with E-state index in [9.17, 15) is 9.59 Å². The smallest absolute Gasteiger partial charge is 0.313 e. The number of rotatable bonds is 6. The highest BCUT2D eigenvalue weighted by Gasteiger charge is 2.21. The number of hydrogen-bond donors (Lipinski definition) is 0. The predicted molar refractivity (Wildman–Crippen MR) is 86.8 cm³/mol. The first kappa shape index (κ1) is 15.9. The topological polar surface area (TPSA) is 43.4 Å². The lowest BCUT2D eigenvalue weighted by Crippen LogP contribution is -2.19. The number of halogens is 1. The first-order valence-electron chi connectivity index (χ1n) is 6.62. The average Bonchev–Trinajstić information content (AvgIpc) is 2.93. The van der Waals surface area contributed by atoms with Gasteiger partial charge < -0.3 is 4.74 Å². The van der Waals surface area contributed by atoms with Gasteiger partial charge in [-0.2, -0.15) is 0 Å². The zero-order valence-electron chi connectivity index (χ0n) is 11.5. The maximum absolute atomic E-state index is 12.1. The summed E-state index contributed by atoms with van der Waals surface area (Å²) in [4.78, 5) is 24.6. The third-order valence-corrected chi connectivity index (χ3v) is 4.75. The van der Waals surface area contributed by atoms with Crippen LogP contribution in [0.4, 0.5) is 0 Å². The highest BCUT2D eigenvalue weighted by atomic mass is 79.9. The van der Waals surface area contributed by atoms with Gasteiger partial charge in [-0.25, -0.2) is 0 Å². The van der Waals surface area contributed by atoms with Gasteiger partial charge in [0, 0.05) is 0 Å². The van der Waals surface area contributed by atoms with Crippen molar-refractivity contribution in [1.29, 1.82) is 0 Å². The van der Waals surface area contributed by atoms with Gasteiger partial charge in [-0.15, -0.1) is 11.3 Å². The number of ether oxygens (including phenoxy) is 1. The lowest BCUT2D eigenvalue weighted by Gasteiger charge is -2.14. The van der Waals surface area contributed by atoms with Crippen molar-refractivity contribution in [2.45, 2.75) is 19.3 Å². The summed E-state index contributed by atoms with van der Waals surface area (Å²) in [7, 11) is 0. The number of thiophene rings is 1. The van der Waals surface area contributed by atoms with E-state index < -0.39 is 0 Å². The Morgan fingerprint density at radius 2 is 1.90 bits per heavy atom. The van der Waals surface area contributed by atoms with Crippen LogP contribution in [-0.4, -0.2) is 18.4 Å². The van der Waals surface area contributed by atoms with E-state index in [1.165, 1.54) is 11.3 Å². The van der Waals surface area contributed by atoms with Gasteiger partial charge in [0.15, 0.2) is 6.61 Å². The van der Waals surface area contributed by atoms with Gasteiger partial charge in [0.25, 0.3) is 0 Å². The second-order valence-corrected chi connectivity index (χ2v) is 6.97. The zero-order chi connectivity index (χ0) is 15.2. The lowest BCUT2D eigenvalue weighted by atomic mass is 9.97. The van der Waals surface area contributed by atoms with Gasteiger partial charge in [0.2, 0.25) is 5.78 Å². The number of carbonyl (C=O) groups is 2. The Bertz CT molecular complexity index is 621. The molecule has 0 unspecified atom stereocenters. The summed E-state index contributed by atoms with van der Waals surface area (Å²) < 4.78 is 6.06. The maximum atomic E-state index is 12.1. The molecular formula is C16H15BrO3S. The van der Waals surface area contributed by atoms with Gasteiger partial charge >= 0.3 is 5.97 Å². The van der Waals surface area contributed by atoms with Crippen LogP contribution in [0, 0.1) is 0 Å². The number of benzene rings is 1. The molecule has 0 fully saturated rings. The molecule has 1 aromatic carbocycles. The number of carbonyl (C=O) groups excluding carboxylic acids is 2. The number of hydrogen-bond acceptors (Lipinski definition) is 4. The number of esters is 1. The molecule has 1 aromatic heterocycles. The minimum atomic E-state index is -0.354. The molecule has 0 bridgehead atoms. The first-order chi connectivity index (χ1) is 10.1. The Balaban J connectivity index is 1.96. The standard InChI is InChI=1S/C16H15BrO3S/c1-2-12(11-6-4-3-5-7-11)16(19)20-10-13(18)14-8-9-15(17)21-14/h3-9,12H,2,10H2,1H3/t12-/m0/s1. The van der Waals surface area contributed by atoms with Crippen molar-refractivity contribution in [2.24, 2.45) is 0 Å². The molecule has 0 N–H and O–H groups in total. The van der Waals surface area contributed by atoms with E-state index in [4.69, 9.17) is 4.74 Å². The highest BCUT2D eigenvalue weighted by molar-refractivity contribution is 9.11. The highest BCUT2D eigenvalue weighted by Crippen LogP contribution is 2.23. The number of ketones is 1. The van der Waals surface area contributed by atoms with Crippen LogP contribution in [0.15, 0.2) is 46.3 Å². The molecule has 2 aromatic rings. The first-order valence-corrected chi connectivity index (χ1v) is 8.23. The van der Waals surface area contributed by atoms with E-state index in [1.54, 1.807) is 12.1 Å². The van der Waals surface area contributed by atoms with E-state index in [0.717, 1.165) is 9.35 Å². The van der Waals surface area contributed by atoms with E-state index in [2.05, 4.69) is 15.9 Å². The van der Waals surface area contributed by atoms with Crippen LogP contribution < -0.4 is 0 Å². The van der Waals surface area contributed by atoms with Crippen molar-refractivity contribution in [3.05, 3.63) is 56.7 Å². The summed E-state index contributed by atoms with van der Waals surface area (Å²) in [5, 5.41) is 0. The van der Waals surface area contributed by atoms with Gasteiger partial charge in [-0.3, -0.25) is 9.59 Å². The van der Waals surface area contributed by atoms with Crippen molar-refractivity contribution in [3.8, 4) is 0 Å². The van der Waals surface area contributed by atoms with Crippen LogP contribution in [-0.2, 0) is 9.53 Å². The molecule has 5 heteroatoms. The molecule has 0 aliphatic heterocycles. The normalized spacial score (nSPS) is 11.9. The van der Waals surface area contributed by atoms with Crippen LogP contribution in [0.3, 0.4) is 0 Å². The molecular weight excluding hydrogens is 352 g/mol. The Morgan fingerprint density at radius 1 is 1.19 bits per heavy atom. The zero-order valence-corrected chi connectivity index (χ0v) is 13.9. The van der Waals surface area contributed by atoms with Gasteiger partial charge in [-0.05, 0) is 40.0 Å². The fourth-order valence-corrected chi connectivity index (χ4v) is 3.31. The summed E-state index contributed by atoms with van der Waals surface area (Å²) in [5.41, 5.74) is 0.913. The monoisotopic (exact) mass is 366 g/mol. The predicted octanol–water partition coefficient (Wildman–Crippen LogP) is 4.43. The summed E-state index contributed by atoms with van der Waals surface area (Å²) in [6.07, 6.45) is 0.640. The quantitative estimate of drug-likeness (QED) is 0.560. The van der Waals surface area contributed by atoms with Crippen molar-refractivity contribution in [3.63, 3.8) is 0 Å². The minimum absolute atomic E-state index is 0.179. The Labute approximate surface area is 136 Å². The van der Waals surface area contributed by atoms with Gasteiger partial charge in [0.1, 0.15) is 0 Å². The van der Waals surface area contributed by atoms with Crippen molar-refractivity contribution in [2.75, 3.05) is 6.61 Å². The third-order valence-electron chi connectivity index (χ3n) is 3.09. The van der Waals surface area contributed by atoms with Crippen molar-refractivity contribution >= 4 is 39.0 Å². The van der Waals surface area contributed by atoms with Crippen LogP contribution in [0.2, 0.25) is 0 Å². The molecule has 0 amide bonds. The second-order valence-electron chi connectivity index (χ2n) is 4.51. The molecule has 0 saturated heterocycles. The SMILES string of the molecule is CC[C@H](C(=O)OCC(=O)c1ccc(Br)s1)c1ccccc1. The van der Waals surface area contributed by atoms with Crippen LogP contribution >= 0.6 is 27.3 Å². The third kappa shape index (κ3) is 4.25. The van der Waals surface area contributed by atoms with E-state index >= 15 is 0 Å². The van der Waals surface area contributed by atoms with Crippen LogP contribution in [0.1, 0.15) is 34.5 Å². The molecule has 1 atom stereocenters. The molecule has 0 radical (unpaired) electrons. The van der Waals surface area contributed by atoms with Crippen LogP contribution in [0.5, 0.6) is 0 Å². The molecule has 0 aliphatic rings. The number of Topliss-reactive ketones (excluding diaryl/α,β-unsaturated/α-hetero) is 1. The fourth-order valence-electron chi connectivity index (χ4n) is 2.00. The van der Waals surface area contributed by atoms with Gasteiger partial charge in [-0.1, -0.05) is 37.3 Å². The fraction of sp³-hybridized carbons (Fsp3) is 0.250. The van der Waals surface area contributed by atoms with Crippen molar-refractivity contribution < 1.29 is 14.3 Å². The Morgan fingerprint density at radius 3 is 2.48 bits per heavy atom. The van der Waals surface area contributed by atoms with Gasteiger partial charge in [0.05, 0.1) is 14.6 Å². The van der Waals surface area contributed by atoms with E-state index in [-0.39, 0.29) is 24.3 Å². The molecule has 110 valence electrons. The molecule has 2 rings (SSSR count). The Hall–Kier alpha value is -1.46. The average molecular weight is 367 g/mol.